The number of benzene rings is 1. The third-order valence-corrected chi connectivity index (χ3v) is 6.75. The van der Waals surface area contributed by atoms with Crippen LogP contribution in [0.2, 0.25) is 0 Å². The fourth-order valence-electron chi connectivity index (χ4n) is 4.93. The molecule has 1 amide bonds. The van der Waals surface area contributed by atoms with Crippen molar-refractivity contribution in [3.63, 3.8) is 0 Å². The molecule has 2 atom stereocenters. The van der Waals surface area contributed by atoms with Crippen LogP contribution < -0.4 is 5.32 Å². The smallest absolute Gasteiger partial charge is 0.233 e. The molecule has 1 saturated carbocycles. The lowest BCUT2D eigenvalue weighted by molar-refractivity contribution is -0.131. The second-order valence-electron chi connectivity index (χ2n) is 8.40. The highest BCUT2D eigenvalue weighted by Crippen LogP contribution is 2.70. The molecule has 0 radical (unpaired) electrons. The Balaban J connectivity index is 2.02. The second kappa shape index (κ2) is 4.56. The number of aromatic nitrogens is 2. The maximum absolute atomic E-state index is 13.3. The third kappa shape index (κ3) is 1.57. The van der Waals surface area contributed by atoms with E-state index in [0.717, 1.165) is 35.3 Å². The summed E-state index contributed by atoms with van der Waals surface area (Å²) in [5, 5.41) is 3.16. The number of hydrogen-bond acceptors (Lipinski definition) is 3. The third-order valence-electron chi connectivity index (χ3n) is 6.75. The predicted octanol–water partition coefficient (Wildman–Crippen LogP) is 3.48. The summed E-state index contributed by atoms with van der Waals surface area (Å²) in [4.78, 5) is 23.2. The van der Waals surface area contributed by atoms with Crippen LogP contribution in [-0.4, -0.2) is 21.9 Å². The fraction of sp³-hybridized carbons (Fsp3) is 0.550. The van der Waals surface area contributed by atoms with E-state index >= 15 is 0 Å². The molecule has 1 fully saturated rings. The van der Waals surface area contributed by atoms with Crippen molar-refractivity contribution in [1.29, 1.82) is 0 Å². The predicted molar refractivity (Wildman–Crippen MR) is 94.9 cm³/mol. The van der Waals surface area contributed by atoms with Crippen molar-refractivity contribution in [3.05, 3.63) is 35.7 Å². The highest BCUT2D eigenvalue weighted by atomic mass is 16.2. The first-order valence-corrected chi connectivity index (χ1v) is 8.83. The van der Waals surface area contributed by atoms with Crippen molar-refractivity contribution >= 4 is 16.9 Å². The molecular formula is C20H25N3O. The quantitative estimate of drug-likeness (QED) is 0.920. The zero-order chi connectivity index (χ0) is 17.3. The normalized spacial score (nSPS) is 29.9. The first kappa shape index (κ1) is 15.6. The van der Waals surface area contributed by atoms with E-state index < -0.39 is 5.41 Å². The summed E-state index contributed by atoms with van der Waals surface area (Å²) in [6.07, 6.45) is 1.82. The molecule has 0 saturated heterocycles. The Kier molecular flexibility index (Phi) is 2.95. The molecule has 2 aromatic rings. The van der Waals surface area contributed by atoms with Crippen LogP contribution in [0.5, 0.6) is 0 Å². The van der Waals surface area contributed by atoms with Crippen molar-refractivity contribution < 1.29 is 4.79 Å². The van der Waals surface area contributed by atoms with E-state index in [1.165, 1.54) is 0 Å². The SMILES string of the molecule is CC(C)NC(=O)C12CCC(C)(c3nc4ccccc4nc31)C2(C)C. The molecule has 2 aliphatic carbocycles. The average Bonchev–Trinajstić information content (AvgIpc) is 2.81. The van der Waals surface area contributed by atoms with Gasteiger partial charge in [0.2, 0.25) is 5.91 Å². The van der Waals surface area contributed by atoms with Gasteiger partial charge in [0.1, 0.15) is 0 Å². The Bertz CT molecular complexity index is 857. The molecule has 0 aliphatic heterocycles. The Morgan fingerprint density at radius 2 is 1.62 bits per heavy atom. The lowest BCUT2D eigenvalue weighted by atomic mass is 9.63. The molecule has 2 bridgehead atoms. The van der Waals surface area contributed by atoms with E-state index in [1.54, 1.807) is 0 Å². The summed E-state index contributed by atoms with van der Waals surface area (Å²) in [5.74, 6) is 0.106. The van der Waals surface area contributed by atoms with Crippen LogP contribution in [-0.2, 0) is 15.6 Å². The number of amides is 1. The monoisotopic (exact) mass is 323 g/mol. The maximum atomic E-state index is 13.3. The van der Waals surface area contributed by atoms with Gasteiger partial charge in [0.25, 0.3) is 0 Å². The van der Waals surface area contributed by atoms with E-state index in [9.17, 15) is 4.79 Å². The minimum atomic E-state index is -0.585. The number of hydrogen-bond donors (Lipinski definition) is 1. The topological polar surface area (TPSA) is 54.9 Å². The van der Waals surface area contributed by atoms with Gasteiger partial charge >= 0.3 is 0 Å². The number of nitrogens with one attached hydrogen (secondary N) is 1. The molecule has 24 heavy (non-hydrogen) atoms. The molecule has 1 N–H and O–H groups in total. The lowest BCUT2D eigenvalue weighted by Gasteiger charge is -2.39. The highest BCUT2D eigenvalue weighted by Gasteiger charge is 2.73. The maximum Gasteiger partial charge on any atom is 0.233 e. The van der Waals surface area contributed by atoms with E-state index in [1.807, 2.05) is 38.1 Å². The van der Waals surface area contributed by atoms with E-state index in [-0.39, 0.29) is 22.8 Å². The first-order chi connectivity index (χ1) is 11.2. The summed E-state index contributed by atoms with van der Waals surface area (Å²) in [7, 11) is 0. The zero-order valence-corrected chi connectivity index (χ0v) is 15.1. The van der Waals surface area contributed by atoms with Crippen LogP contribution in [0.1, 0.15) is 58.8 Å². The van der Waals surface area contributed by atoms with Crippen LogP contribution in [0.4, 0.5) is 0 Å². The van der Waals surface area contributed by atoms with Crippen molar-refractivity contribution in [2.24, 2.45) is 5.41 Å². The van der Waals surface area contributed by atoms with Crippen molar-refractivity contribution in [2.45, 2.75) is 64.3 Å². The number of nitrogens with zero attached hydrogens (tertiary/aromatic N) is 2. The van der Waals surface area contributed by atoms with Gasteiger partial charge in [-0.1, -0.05) is 32.9 Å². The Hall–Kier alpha value is -1.97. The van der Waals surface area contributed by atoms with Crippen LogP contribution in [0.25, 0.3) is 11.0 Å². The standard InChI is InChI=1S/C20H25N3O/c1-12(2)21-17(24)20-11-10-19(5,18(20,3)4)15-16(20)23-14-9-7-6-8-13(14)22-15/h6-9,12H,10-11H2,1-5H3,(H,21,24). The molecule has 4 rings (SSSR count). The van der Waals surface area contributed by atoms with Gasteiger partial charge in [-0.3, -0.25) is 4.79 Å². The highest BCUT2D eigenvalue weighted by molar-refractivity contribution is 5.93. The summed E-state index contributed by atoms with van der Waals surface area (Å²) < 4.78 is 0. The van der Waals surface area contributed by atoms with Crippen molar-refractivity contribution in [1.82, 2.24) is 15.3 Å². The Morgan fingerprint density at radius 3 is 2.21 bits per heavy atom. The Morgan fingerprint density at radius 1 is 1.04 bits per heavy atom. The molecule has 2 aliphatic rings. The number of carbonyl (C=O) groups excluding carboxylic acids is 1. The van der Waals surface area contributed by atoms with E-state index in [0.29, 0.717) is 0 Å². The van der Waals surface area contributed by atoms with Crippen LogP contribution in [0.3, 0.4) is 0 Å². The number of rotatable bonds is 2. The molecule has 2 unspecified atom stereocenters. The van der Waals surface area contributed by atoms with Gasteiger partial charge in [-0.05, 0) is 44.2 Å². The van der Waals surface area contributed by atoms with Crippen LogP contribution >= 0.6 is 0 Å². The van der Waals surface area contributed by atoms with Gasteiger partial charge in [0, 0.05) is 11.5 Å². The van der Waals surface area contributed by atoms with Crippen molar-refractivity contribution in [3.8, 4) is 0 Å². The zero-order valence-electron chi connectivity index (χ0n) is 15.1. The number of carbonyl (C=O) groups is 1. The van der Waals surface area contributed by atoms with Gasteiger partial charge in [0.15, 0.2) is 0 Å². The van der Waals surface area contributed by atoms with Crippen molar-refractivity contribution in [2.75, 3.05) is 0 Å². The van der Waals surface area contributed by atoms with E-state index in [4.69, 9.17) is 9.97 Å². The summed E-state index contributed by atoms with van der Waals surface area (Å²) in [6, 6.07) is 8.08. The molecule has 0 spiro atoms. The molecule has 126 valence electrons. The van der Waals surface area contributed by atoms with Gasteiger partial charge in [-0.2, -0.15) is 0 Å². The van der Waals surface area contributed by atoms with E-state index in [2.05, 4.69) is 26.1 Å². The molecule has 1 aromatic carbocycles. The van der Waals surface area contributed by atoms with Gasteiger partial charge in [-0.15, -0.1) is 0 Å². The van der Waals surface area contributed by atoms with Crippen LogP contribution in [0, 0.1) is 5.41 Å². The lowest BCUT2D eigenvalue weighted by Crippen LogP contribution is -2.52. The molecule has 1 aromatic heterocycles. The minimum absolute atomic E-state index is 0.106. The van der Waals surface area contributed by atoms with Gasteiger partial charge < -0.3 is 5.32 Å². The van der Waals surface area contributed by atoms with Crippen LogP contribution in [0.15, 0.2) is 24.3 Å². The minimum Gasteiger partial charge on any atom is -0.353 e. The summed E-state index contributed by atoms with van der Waals surface area (Å²) in [5.41, 5.74) is 2.81. The summed E-state index contributed by atoms with van der Waals surface area (Å²) >= 11 is 0. The Labute approximate surface area is 143 Å². The average molecular weight is 323 g/mol. The summed E-state index contributed by atoms with van der Waals surface area (Å²) in [6.45, 7) is 10.7. The fourth-order valence-corrected chi connectivity index (χ4v) is 4.93. The molecule has 4 heteroatoms. The molecule has 1 heterocycles. The number of para-hydroxylation sites is 2. The van der Waals surface area contributed by atoms with Gasteiger partial charge in [-0.25, -0.2) is 9.97 Å². The second-order valence-corrected chi connectivity index (χ2v) is 8.40. The largest absolute Gasteiger partial charge is 0.353 e. The number of fused-ring (bicyclic) bond motifs is 6. The van der Waals surface area contributed by atoms with Gasteiger partial charge in [0.05, 0.1) is 27.8 Å². The molecule has 4 nitrogen and oxygen atoms in total. The first-order valence-electron chi connectivity index (χ1n) is 8.83. The molecular weight excluding hydrogens is 298 g/mol.